The molecule has 2 aromatic rings. The van der Waals surface area contributed by atoms with Crippen molar-refractivity contribution < 1.29 is 4.74 Å². The van der Waals surface area contributed by atoms with E-state index < -0.39 is 0 Å². The summed E-state index contributed by atoms with van der Waals surface area (Å²) in [5.74, 6) is 0.923. The molecule has 0 unspecified atom stereocenters. The van der Waals surface area contributed by atoms with E-state index >= 15 is 0 Å². The second kappa shape index (κ2) is 5.13. The van der Waals surface area contributed by atoms with Crippen molar-refractivity contribution in [1.82, 2.24) is 19.7 Å². The molecule has 0 spiro atoms. The summed E-state index contributed by atoms with van der Waals surface area (Å²) in [5, 5.41) is 5.23. The molecule has 0 radical (unpaired) electrons. The maximum absolute atomic E-state index is 5.78. The SMILES string of the molecule is CN(C[C@H]1CCCCO1)c1ncnc2c1cnn2C. The molecule has 102 valence electrons. The minimum absolute atomic E-state index is 0.306. The number of rotatable bonds is 3. The third kappa shape index (κ3) is 2.40. The van der Waals surface area contributed by atoms with Crippen molar-refractivity contribution in [2.24, 2.45) is 7.05 Å². The Morgan fingerprint density at radius 2 is 2.32 bits per heavy atom. The average molecular weight is 261 g/mol. The Labute approximate surface area is 112 Å². The van der Waals surface area contributed by atoms with Crippen LogP contribution in [0.2, 0.25) is 0 Å². The highest BCUT2D eigenvalue weighted by Gasteiger charge is 2.18. The van der Waals surface area contributed by atoms with Crippen molar-refractivity contribution in [2.45, 2.75) is 25.4 Å². The van der Waals surface area contributed by atoms with Gasteiger partial charge < -0.3 is 9.64 Å². The van der Waals surface area contributed by atoms with Crippen LogP contribution in [0.15, 0.2) is 12.5 Å². The van der Waals surface area contributed by atoms with Gasteiger partial charge in [0.2, 0.25) is 0 Å². The van der Waals surface area contributed by atoms with Crippen LogP contribution in [0.3, 0.4) is 0 Å². The van der Waals surface area contributed by atoms with Gasteiger partial charge >= 0.3 is 0 Å². The number of aryl methyl sites for hydroxylation is 1. The lowest BCUT2D eigenvalue weighted by Gasteiger charge is -2.28. The van der Waals surface area contributed by atoms with Crippen molar-refractivity contribution in [3.05, 3.63) is 12.5 Å². The third-order valence-corrected chi connectivity index (χ3v) is 3.62. The van der Waals surface area contributed by atoms with Gasteiger partial charge in [0.15, 0.2) is 5.65 Å². The van der Waals surface area contributed by atoms with E-state index in [1.807, 2.05) is 20.3 Å². The molecule has 0 aliphatic carbocycles. The average Bonchev–Trinajstić information content (AvgIpc) is 2.82. The lowest BCUT2D eigenvalue weighted by atomic mass is 10.1. The fourth-order valence-electron chi connectivity index (χ4n) is 2.60. The monoisotopic (exact) mass is 261 g/mol. The molecule has 1 aliphatic heterocycles. The van der Waals surface area contributed by atoms with Crippen LogP contribution in [0, 0.1) is 0 Å². The number of fused-ring (bicyclic) bond motifs is 1. The maximum Gasteiger partial charge on any atom is 0.163 e. The molecule has 0 bridgehead atoms. The molecule has 0 N–H and O–H groups in total. The Morgan fingerprint density at radius 3 is 3.11 bits per heavy atom. The first-order valence-corrected chi connectivity index (χ1v) is 6.71. The molecule has 6 heteroatoms. The number of hydrogen-bond donors (Lipinski definition) is 0. The topological polar surface area (TPSA) is 56.1 Å². The number of ether oxygens (including phenoxy) is 1. The Balaban J connectivity index is 1.82. The smallest absolute Gasteiger partial charge is 0.163 e. The molecule has 3 rings (SSSR count). The lowest BCUT2D eigenvalue weighted by molar-refractivity contribution is 0.0215. The molecule has 0 aromatic carbocycles. The molecule has 1 aliphatic rings. The second-order valence-electron chi connectivity index (χ2n) is 5.07. The Hall–Kier alpha value is -1.69. The molecule has 1 atom stereocenters. The maximum atomic E-state index is 5.78. The minimum Gasteiger partial charge on any atom is -0.376 e. The first-order valence-electron chi connectivity index (χ1n) is 6.71. The molecule has 19 heavy (non-hydrogen) atoms. The van der Waals surface area contributed by atoms with E-state index in [9.17, 15) is 0 Å². The van der Waals surface area contributed by atoms with E-state index in [0.29, 0.717) is 6.10 Å². The second-order valence-corrected chi connectivity index (χ2v) is 5.07. The van der Waals surface area contributed by atoms with Crippen molar-refractivity contribution in [3.8, 4) is 0 Å². The summed E-state index contributed by atoms with van der Waals surface area (Å²) in [7, 11) is 3.94. The molecule has 3 heterocycles. The third-order valence-electron chi connectivity index (χ3n) is 3.62. The highest BCUT2D eigenvalue weighted by Crippen LogP contribution is 2.22. The van der Waals surface area contributed by atoms with Gasteiger partial charge in [-0.3, -0.25) is 4.68 Å². The number of hydrogen-bond acceptors (Lipinski definition) is 5. The zero-order valence-electron chi connectivity index (χ0n) is 11.4. The van der Waals surface area contributed by atoms with E-state index in [1.165, 1.54) is 12.8 Å². The van der Waals surface area contributed by atoms with Gasteiger partial charge in [-0.2, -0.15) is 5.10 Å². The molecule has 0 amide bonds. The highest BCUT2D eigenvalue weighted by atomic mass is 16.5. The van der Waals surface area contributed by atoms with E-state index in [4.69, 9.17) is 4.74 Å². The summed E-state index contributed by atoms with van der Waals surface area (Å²) >= 11 is 0. The van der Waals surface area contributed by atoms with Crippen LogP contribution in [0.5, 0.6) is 0 Å². The highest BCUT2D eigenvalue weighted by molar-refractivity contribution is 5.86. The minimum atomic E-state index is 0.306. The normalized spacial score (nSPS) is 19.8. The molecule has 2 aromatic heterocycles. The van der Waals surface area contributed by atoms with Gasteiger partial charge in [-0.05, 0) is 19.3 Å². The predicted octanol–water partition coefficient (Wildman–Crippen LogP) is 1.37. The standard InChI is InChI=1S/C13H19N5O/c1-17(8-10-5-3-4-6-19-10)12-11-7-16-18(2)13(11)15-9-14-12/h7,9-10H,3-6,8H2,1-2H3/t10-/m1/s1. The van der Waals surface area contributed by atoms with Crippen molar-refractivity contribution in [2.75, 3.05) is 25.1 Å². The molecular formula is C13H19N5O. The number of anilines is 1. The van der Waals surface area contributed by atoms with Crippen LogP contribution < -0.4 is 4.90 Å². The fraction of sp³-hybridized carbons (Fsp3) is 0.615. The number of likely N-dealkylation sites (N-methyl/N-ethyl adjacent to an activating group) is 1. The van der Waals surface area contributed by atoms with Crippen LogP contribution in [0.1, 0.15) is 19.3 Å². The van der Waals surface area contributed by atoms with Gasteiger partial charge in [0.1, 0.15) is 12.1 Å². The zero-order valence-corrected chi connectivity index (χ0v) is 11.4. The zero-order chi connectivity index (χ0) is 13.2. The summed E-state index contributed by atoms with van der Waals surface area (Å²) in [6.07, 6.45) is 7.29. The molecule has 1 fully saturated rings. The fourth-order valence-corrected chi connectivity index (χ4v) is 2.60. The summed E-state index contributed by atoms with van der Waals surface area (Å²) < 4.78 is 7.55. The van der Waals surface area contributed by atoms with E-state index in [-0.39, 0.29) is 0 Å². The molecule has 0 saturated carbocycles. The van der Waals surface area contributed by atoms with E-state index in [2.05, 4.69) is 20.0 Å². The predicted molar refractivity (Wildman–Crippen MR) is 73.2 cm³/mol. The number of aromatic nitrogens is 4. The lowest BCUT2D eigenvalue weighted by Crippen LogP contribution is -2.33. The van der Waals surface area contributed by atoms with Gasteiger partial charge in [0.05, 0.1) is 17.7 Å². The Kier molecular flexibility index (Phi) is 3.33. The van der Waals surface area contributed by atoms with Crippen LogP contribution >= 0.6 is 0 Å². The largest absolute Gasteiger partial charge is 0.376 e. The van der Waals surface area contributed by atoms with Crippen LogP contribution in [-0.2, 0) is 11.8 Å². The summed E-state index contributed by atoms with van der Waals surface area (Å²) in [5.41, 5.74) is 0.862. The van der Waals surface area contributed by atoms with Crippen molar-refractivity contribution >= 4 is 16.9 Å². The van der Waals surface area contributed by atoms with Crippen molar-refractivity contribution in [3.63, 3.8) is 0 Å². The van der Waals surface area contributed by atoms with Crippen molar-refractivity contribution in [1.29, 1.82) is 0 Å². The van der Waals surface area contributed by atoms with E-state index in [0.717, 1.165) is 36.4 Å². The first-order chi connectivity index (χ1) is 9.25. The quantitative estimate of drug-likeness (QED) is 0.835. The summed E-state index contributed by atoms with van der Waals surface area (Å²) in [6.45, 7) is 1.74. The summed E-state index contributed by atoms with van der Waals surface area (Å²) in [6, 6.07) is 0. The summed E-state index contributed by atoms with van der Waals surface area (Å²) in [4.78, 5) is 10.8. The number of nitrogens with zero attached hydrogens (tertiary/aromatic N) is 5. The molecular weight excluding hydrogens is 242 g/mol. The van der Waals surface area contributed by atoms with Crippen LogP contribution in [-0.4, -0.2) is 46.1 Å². The first kappa shape index (κ1) is 12.3. The van der Waals surface area contributed by atoms with Gasteiger partial charge in [-0.15, -0.1) is 0 Å². The van der Waals surface area contributed by atoms with E-state index in [1.54, 1.807) is 11.0 Å². The Bertz CT molecular complexity index is 561. The van der Waals surface area contributed by atoms with Gasteiger partial charge in [-0.1, -0.05) is 0 Å². The Morgan fingerprint density at radius 1 is 1.42 bits per heavy atom. The molecule has 1 saturated heterocycles. The van der Waals surface area contributed by atoms with Crippen LogP contribution in [0.25, 0.3) is 11.0 Å². The van der Waals surface area contributed by atoms with Gasteiger partial charge in [0.25, 0.3) is 0 Å². The van der Waals surface area contributed by atoms with Crippen LogP contribution in [0.4, 0.5) is 5.82 Å². The van der Waals surface area contributed by atoms with Gasteiger partial charge in [-0.25, -0.2) is 9.97 Å². The van der Waals surface area contributed by atoms with Gasteiger partial charge in [0, 0.05) is 27.2 Å². The molecule has 6 nitrogen and oxygen atoms in total.